The second kappa shape index (κ2) is 13.8. The molecule has 10 rings (SSSR count). The van der Waals surface area contributed by atoms with E-state index in [1.165, 1.54) is 32.9 Å². The molecule has 0 saturated carbocycles. The van der Waals surface area contributed by atoms with Crippen molar-refractivity contribution < 1.29 is 0 Å². The monoisotopic (exact) mass is 703 g/mol. The average Bonchev–Trinajstić information content (AvgIpc) is 3.61. The number of benzene rings is 7. The molecule has 5 nitrogen and oxygen atoms in total. The van der Waals surface area contributed by atoms with Crippen LogP contribution in [0.5, 0.6) is 0 Å². The van der Waals surface area contributed by atoms with Crippen LogP contribution in [0, 0.1) is 0 Å². The van der Waals surface area contributed by atoms with Crippen molar-refractivity contribution in [2.24, 2.45) is 0 Å². The molecule has 0 spiro atoms. The molecule has 10 aromatic rings. The van der Waals surface area contributed by atoms with Crippen LogP contribution in [0.1, 0.15) is 0 Å². The highest BCUT2D eigenvalue weighted by Gasteiger charge is 2.15. The summed E-state index contributed by atoms with van der Waals surface area (Å²) in [6.45, 7) is 0. The zero-order chi connectivity index (χ0) is 36.6. The lowest BCUT2D eigenvalue weighted by molar-refractivity contribution is 1.07. The molecule has 0 fully saturated rings. The maximum Gasteiger partial charge on any atom is 0.164 e. The standard InChI is InChI=1S/C50H33N5/c1-3-10-38(11-4-1)48-52-49(54-50(53-48)40-27-23-37(24-28-40)42-12-9-31-51-33-42)39-25-21-35(22-26-39)34-17-19-36(20-18-34)41-29-30-47-45(32-41)44-15-7-8-16-46(44)55(47)43-13-5-2-6-14-43/h1-33H. The van der Waals surface area contributed by atoms with Crippen LogP contribution in [0.4, 0.5) is 0 Å². The third-order valence-electron chi connectivity index (χ3n) is 10.2. The summed E-state index contributed by atoms with van der Waals surface area (Å²) in [5.74, 6) is 1.90. The quantitative estimate of drug-likeness (QED) is 0.166. The SMILES string of the molecule is c1ccc(-c2nc(-c3ccc(-c4ccc(-c5ccc6c(c5)c5ccccc5n6-c5ccccc5)cc4)cc3)nc(-c3ccc(-c4cccnc4)cc3)n2)cc1. The minimum absolute atomic E-state index is 0.629. The van der Waals surface area contributed by atoms with Crippen LogP contribution in [-0.2, 0) is 0 Å². The van der Waals surface area contributed by atoms with Gasteiger partial charge in [0.25, 0.3) is 0 Å². The predicted octanol–water partition coefficient (Wildman–Crippen LogP) is 12.4. The van der Waals surface area contributed by atoms with Gasteiger partial charge in [0.2, 0.25) is 0 Å². The summed E-state index contributed by atoms with van der Waals surface area (Å²) in [5, 5.41) is 2.50. The van der Waals surface area contributed by atoms with Gasteiger partial charge in [0.05, 0.1) is 11.0 Å². The number of hydrogen-bond donors (Lipinski definition) is 0. The lowest BCUT2D eigenvalue weighted by atomic mass is 9.98. The van der Waals surface area contributed by atoms with E-state index in [0.717, 1.165) is 44.6 Å². The minimum atomic E-state index is 0.629. The maximum absolute atomic E-state index is 4.97. The summed E-state index contributed by atoms with van der Waals surface area (Å²) in [7, 11) is 0. The third kappa shape index (κ3) is 6.14. The molecule has 0 atom stereocenters. The number of rotatable bonds is 7. The van der Waals surface area contributed by atoms with Gasteiger partial charge in [-0.2, -0.15) is 0 Å². The summed E-state index contributed by atoms with van der Waals surface area (Å²) >= 11 is 0. The molecule has 0 aliphatic carbocycles. The number of hydrogen-bond acceptors (Lipinski definition) is 4. The van der Waals surface area contributed by atoms with E-state index in [4.69, 9.17) is 15.0 Å². The zero-order valence-electron chi connectivity index (χ0n) is 29.8. The topological polar surface area (TPSA) is 56.5 Å². The molecule has 0 saturated heterocycles. The van der Waals surface area contributed by atoms with Gasteiger partial charge in [-0.3, -0.25) is 4.98 Å². The number of para-hydroxylation sites is 2. The van der Waals surface area contributed by atoms with Gasteiger partial charge in [-0.15, -0.1) is 0 Å². The van der Waals surface area contributed by atoms with Crippen LogP contribution in [0.25, 0.3) is 95.0 Å². The van der Waals surface area contributed by atoms with Gasteiger partial charge in [-0.05, 0) is 69.8 Å². The van der Waals surface area contributed by atoms with Gasteiger partial charge in [-0.1, -0.05) is 152 Å². The van der Waals surface area contributed by atoms with E-state index in [-0.39, 0.29) is 0 Å². The molecule has 0 amide bonds. The largest absolute Gasteiger partial charge is 0.309 e. The zero-order valence-corrected chi connectivity index (χ0v) is 29.8. The van der Waals surface area contributed by atoms with E-state index < -0.39 is 0 Å². The molecular formula is C50H33N5. The van der Waals surface area contributed by atoms with Crippen LogP contribution in [0.15, 0.2) is 200 Å². The van der Waals surface area contributed by atoms with Gasteiger partial charge in [-0.25, -0.2) is 15.0 Å². The molecule has 0 bridgehead atoms. The molecule has 55 heavy (non-hydrogen) atoms. The van der Waals surface area contributed by atoms with Crippen molar-refractivity contribution in [3.8, 4) is 73.2 Å². The van der Waals surface area contributed by atoms with Crippen molar-refractivity contribution in [3.05, 3.63) is 200 Å². The molecule has 7 aromatic carbocycles. The Hall–Kier alpha value is -7.50. The summed E-state index contributed by atoms with van der Waals surface area (Å²) in [4.78, 5) is 19.1. The van der Waals surface area contributed by atoms with Crippen LogP contribution >= 0.6 is 0 Å². The Kier molecular flexibility index (Phi) is 8.08. The first-order valence-electron chi connectivity index (χ1n) is 18.4. The summed E-state index contributed by atoms with van der Waals surface area (Å²) < 4.78 is 2.35. The summed E-state index contributed by atoms with van der Waals surface area (Å²) in [6, 6.07) is 65.7. The van der Waals surface area contributed by atoms with Crippen LogP contribution in [-0.4, -0.2) is 24.5 Å². The van der Waals surface area contributed by atoms with E-state index in [2.05, 4.69) is 161 Å². The Bertz CT molecular complexity index is 2920. The summed E-state index contributed by atoms with van der Waals surface area (Å²) in [5.41, 5.74) is 13.2. The molecule has 0 unspecified atom stereocenters. The molecule has 5 heteroatoms. The first kappa shape index (κ1) is 32.2. The Morgan fingerprint density at radius 1 is 0.309 bits per heavy atom. The molecule has 3 heterocycles. The van der Waals surface area contributed by atoms with Crippen molar-refractivity contribution in [2.75, 3.05) is 0 Å². The Labute approximate surface area is 318 Å². The van der Waals surface area contributed by atoms with Gasteiger partial charge in [0.1, 0.15) is 0 Å². The van der Waals surface area contributed by atoms with Gasteiger partial charge < -0.3 is 4.57 Å². The van der Waals surface area contributed by atoms with Crippen LogP contribution < -0.4 is 0 Å². The minimum Gasteiger partial charge on any atom is -0.309 e. The Balaban J connectivity index is 0.953. The lowest BCUT2D eigenvalue weighted by Gasteiger charge is -2.10. The van der Waals surface area contributed by atoms with Gasteiger partial charge in [0.15, 0.2) is 17.5 Å². The van der Waals surface area contributed by atoms with E-state index >= 15 is 0 Å². The number of fused-ring (bicyclic) bond motifs is 3. The predicted molar refractivity (Wildman–Crippen MR) is 225 cm³/mol. The second-order valence-electron chi connectivity index (χ2n) is 13.6. The molecular weight excluding hydrogens is 671 g/mol. The van der Waals surface area contributed by atoms with Crippen LogP contribution in [0.3, 0.4) is 0 Å². The molecule has 0 N–H and O–H groups in total. The van der Waals surface area contributed by atoms with Crippen molar-refractivity contribution >= 4 is 21.8 Å². The fourth-order valence-corrected chi connectivity index (χ4v) is 7.37. The van der Waals surface area contributed by atoms with Crippen LogP contribution in [0.2, 0.25) is 0 Å². The fourth-order valence-electron chi connectivity index (χ4n) is 7.37. The van der Waals surface area contributed by atoms with Crippen molar-refractivity contribution in [1.29, 1.82) is 0 Å². The van der Waals surface area contributed by atoms with E-state index in [1.807, 2.05) is 42.6 Å². The van der Waals surface area contributed by atoms with Gasteiger partial charge >= 0.3 is 0 Å². The van der Waals surface area contributed by atoms with Gasteiger partial charge in [0, 0.05) is 45.5 Å². The first-order chi connectivity index (χ1) is 27.2. The molecule has 258 valence electrons. The third-order valence-corrected chi connectivity index (χ3v) is 10.2. The molecule has 3 aromatic heterocycles. The lowest BCUT2D eigenvalue weighted by Crippen LogP contribution is -2.00. The van der Waals surface area contributed by atoms with Crippen molar-refractivity contribution in [1.82, 2.24) is 24.5 Å². The molecule has 0 radical (unpaired) electrons. The normalized spacial score (nSPS) is 11.3. The highest BCUT2D eigenvalue weighted by atomic mass is 15.0. The highest BCUT2D eigenvalue weighted by Crippen LogP contribution is 2.36. The number of pyridine rings is 1. The average molecular weight is 704 g/mol. The van der Waals surface area contributed by atoms with Crippen molar-refractivity contribution in [2.45, 2.75) is 0 Å². The maximum atomic E-state index is 4.97. The number of nitrogens with zero attached hydrogens (tertiary/aromatic N) is 5. The van der Waals surface area contributed by atoms with Crippen molar-refractivity contribution in [3.63, 3.8) is 0 Å². The van der Waals surface area contributed by atoms with E-state index in [1.54, 1.807) is 6.20 Å². The fraction of sp³-hybridized carbons (Fsp3) is 0. The van der Waals surface area contributed by atoms with E-state index in [9.17, 15) is 0 Å². The highest BCUT2D eigenvalue weighted by molar-refractivity contribution is 6.10. The molecule has 0 aliphatic rings. The molecule has 0 aliphatic heterocycles. The Morgan fingerprint density at radius 2 is 0.745 bits per heavy atom. The second-order valence-corrected chi connectivity index (χ2v) is 13.6. The summed E-state index contributed by atoms with van der Waals surface area (Å²) in [6.07, 6.45) is 3.65. The number of aromatic nitrogens is 5. The first-order valence-corrected chi connectivity index (χ1v) is 18.4. The van der Waals surface area contributed by atoms with E-state index in [0.29, 0.717) is 17.5 Å². The smallest absolute Gasteiger partial charge is 0.164 e. The Morgan fingerprint density at radius 3 is 1.33 bits per heavy atom.